The molecule has 0 radical (unpaired) electrons. The van der Waals surface area contributed by atoms with Gasteiger partial charge in [-0.1, -0.05) is 78.9 Å². The van der Waals surface area contributed by atoms with Crippen LogP contribution >= 0.6 is 11.6 Å². The van der Waals surface area contributed by atoms with Crippen LogP contribution in [0, 0.1) is 0 Å². The molecule has 1 amide bonds. The van der Waals surface area contributed by atoms with Gasteiger partial charge in [0.25, 0.3) is 11.1 Å². The van der Waals surface area contributed by atoms with E-state index in [9.17, 15) is 14.4 Å². The second-order valence-electron chi connectivity index (χ2n) is 5.48. The molecule has 0 saturated heterocycles. The molecule has 3 aromatic carbocycles. The van der Waals surface area contributed by atoms with Crippen LogP contribution in [0.1, 0.15) is 31.1 Å². The smallest absolute Gasteiger partial charge is 0.252 e. The molecule has 7 heteroatoms. The lowest BCUT2D eigenvalue weighted by Crippen LogP contribution is -2.29. The van der Waals surface area contributed by atoms with E-state index in [4.69, 9.17) is 11.6 Å². The average molecular weight is 412 g/mol. The van der Waals surface area contributed by atoms with Crippen molar-refractivity contribution < 1.29 is 14.4 Å². The highest BCUT2D eigenvalue weighted by atomic mass is 35.5. The first kappa shape index (κ1) is 23.7. The van der Waals surface area contributed by atoms with E-state index in [1.807, 2.05) is 18.2 Å². The Kier molecular flexibility index (Phi) is 11.3. The zero-order valence-corrected chi connectivity index (χ0v) is 16.4. The molecule has 6 nitrogen and oxygen atoms in total. The summed E-state index contributed by atoms with van der Waals surface area (Å²) >= 11 is 5.16. The van der Waals surface area contributed by atoms with Crippen molar-refractivity contribution in [2.24, 2.45) is 11.7 Å². The summed E-state index contributed by atoms with van der Waals surface area (Å²) in [4.78, 5) is 33.9. The number of hydrogen-bond acceptors (Lipinski definition) is 5. The number of rotatable bonds is 5. The van der Waals surface area contributed by atoms with Gasteiger partial charge in [0.1, 0.15) is 0 Å². The number of carbonyl (C=O) groups excluding carboxylic acids is 3. The summed E-state index contributed by atoms with van der Waals surface area (Å²) in [5.74, 6) is 7.67. The van der Waals surface area contributed by atoms with Crippen molar-refractivity contribution in [2.75, 3.05) is 6.54 Å². The number of nitrogens with two attached hydrogens (primary N) is 2. The molecule has 3 aromatic rings. The molecule has 0 fully saturated rings. The lowest BCUT2D eigenvalue weighted by molar-refractivity contribution is 0.0904. The fourth-order valence-electron chi connectivity index (χ4n) is 2.15. The summed E-state index contributed by atoms with van der Waals surface area (Å²) in [6.07, 6.45) is 0. The SMILES string of the molecule is NN.O=C(CNC(=O)c1ccccc1)c1ccccc1.O=C(Cl)c1ccccc1. The Bertz CT molecular complexity index is 837. The van der Waals surface area contributed by atoms with Crippen LogP contribution in [0.15, 0.2) is 91.0 Å². The van der Waals surface area contributed by atoms with E-state index in [1.54, 1.807) is 72.8 Å². The Balaban J connectivity index is 0.000000321. The van der Waals surface area contributed by atoms with Crippen molar-refractivity contribution in [1.29, 1.82) is 0 Å². The second-order valence-corrected chi connectivity index (χ2v) is 5.82. The van der Waals surface area contributed by atoms with Gasteiger partial charge in [-0.15, -0.1) is 0 Å². The number of amides is 1. The first-order chi connectivity index (χ1) is 14.1. The highest BCUT2D eigenvalue weighted by Gasteiger charge is 2.08. The van der Waals surface area contributed by atoms with Gasteiger partial charge in [-0.25, -0.2) is 0 Å². The Morgan fingerprint density at radius 2 is 1.03 bits per heavy atom. The quantitative estimate of drug-likeness (QED) is 0.258. The van der Waals surface area contributed by atoms with Crippen LogP contribution in [0.25, 0.3) is 0 Å². The molecule has 150 valence electrons. The summed E-state index contributed by atoms with van der Waals surface area (Å²) in [7, 11) is 0. The monoisotopic (exact) mass is 411 g/mol. The average Bonchev–Trinajstić information content (AvgIpc) is 2.80. The number of hydrogen-bond donors (Lipinski definition) is 3. The molecular weight excluding hydrogens is 390 g/mol. The number of nitrogens with one attached hydrogen (secondary N) is 1. The van der Waals surface area contributed by atoms with E-state index in [-0.39, 0.29) is 18.2 Å². The maximum atomic E-state index is 11.8. The fourth-order valence-corrected chi connectivity index (χ4v) is 2.27. The maximum Gasteiger partial charge on any atom is 0.252 e. The maximum absolute atomic E-state index is 11.8. The molecule has 0 bridgehead atoms. The number of Topliss-reactive ketones (excluding diaryl/α,β-unsaturated/α-hetero) is 1. The molecule has 0 aliphatic carbocycles. The summed E-state index contributed by atoms with van der Waals surface area (Å²) in [6.45, 7) is 0.0116. The van der Waals surface area contributed by atoms with Crippen molar-refractivity contribution in [2.45, 2.75) is 0 Å². The molecule has 0 saturated carbocycles. The largest absolute Gasteiger partial charge is 0.345 e. The number of ketones is 1. The highest BCUT2D eigenvalue weighted by Crippen LogP contribution is 2.02. The van der Waals surface area contributed by atoms with Gasteiger partial charge >= 0.3 is 0 Å². The van der Waals surface area contributed by atoms with Crippen LogP contribution in [0.3, 0.4) is 0 Å². The van der Waals surface area contributed by atoms with E-state index in [1.165, 1.54) is 0 Å². The van der Waals surface area contributed by atoms with Gasteiger partial charge in [0.2, 0.25) is 0 Å². The minimum absolute atomic E-state index is 0.0116. The van der Waals surface area contributed by atoms with Gasteiger partial charge in [0.15, 0.2) is 5.78 Å². The molecule has 0 aliphatic heterocycles. The van der Waals surface area contributed by atoms with E-state index in [0.717, 1.165) is 0 Å². The first-order valence-corrected chi connectivity index (χ1v) is 8.95. The molecule has 0 heterocycles. The third kappa shape index (κ3) is 8.94. The lowest BCUT2D eigenvalue weighted by atomic mass is 10.1. The molecule has 5 N–H and O–H groups in total. The Morgan fingerprint density at radius 1 is 0.655 bits per heavy atom. The number of hydrazine groups is 1. The van der Waals surface area contributed by atoms with Gasteiger partial charge in [0.05, 0.1) is 6.54 Å². The second kappa shape index (κ2) is 13.8. The van der Waals surface area contributed by atoms with Gasteiger partial charge in [-0.3, -0.25) is 26.1 Å². The summed E-state index contributed by atoms with van der Waals surface area (Å²) < 4.78 is 0. The van der Waals surface area contributed by atoms with E-state index >= 15 is 0 Å². The Hall–Kier alpha value is -3.32. The molecule has 29 heavy (non-hydrogen) atoms. The van der Waals surface area contributed by atoms with Crippen molar-refractivity contribution in [3.63, 3.8) is 0 Å². The molecule has 0 aliphatic rings. The fraction of sp³-hybridized carbons (Fsp3) is 0.0455. The van der Waals surface area contributed by atoms with Gasteiger partial charge < -0.3 is 5.32 Å². The summed E-state index contributed by atoms with van der Waals surface area (Å²) in [5.41, 5.74) is 1.70. The number of halogens is 1. The van der Waals surface area contributed by atoms with E-state index < -0.39 is 5.24 Å². The predicted molar refractivity (Wildman–Crippen MR) is 115 cm³/mol. The lowest BCUT2D eigenvalue weighted by Gasteiger charge is -2.04. The van der Waals surface area contributed by atoms with Crippen LogP contribution in [0.2, 0.25) is 0 Å². The Morgan fingerprint density at radius 3 is 1.41 bits per heavy atom. The number of carbonyl (C=O) groups is 3. The van der Waals surface area contributed by atoms with Crippen LogP contribution in [-0.2, 0) is 0 Å². The van der Waals surface area contributed by atoms with Crippen molar-refractivity contribution >= 4 is 28.5 Å². The molecular formula is C22H22ClN3O3. The Labute approximate surface area is 174 Å². The molecule has 0 spiro atoms. The molecule has 0 atom stereocenters. The van der Waals surface area contributed by atoms with Crippen LogP contribution in [0.4, 0.5) is 0 Å². The highest BCUT2D eigenvalue weighted by molar-refractivity contribution is 6.67. The molecule has 3 rings (SSSR count). The van der Waals surface area contributed by atoms with Crippen molar-refractivity contribution in [1.82, 2.24) is 5.32 Å². The van der Waals surface area contributed by atoms with Crippen molar-refractivity contribution in [3.05, 3.63) is 108 Å². The summed E-state index contributed by atoms with van der Waals surface area (Å²) in [5, 5.41) is 2.20. The predicted octanol–water partition coefficient (Wildman–Crippen LogP) is 3.18. The topological polar surface area (TPSA) is 115 Å². The first-order valence-electron chi connectivity index (χ1n) is 8.57. The van der Waals surface area contributed by atoms with Gasteiger partial charge in [-0.05, 0) is 23.7 Å². The zero-order valence-electron chi connectivity index (χ0n) is 15.6. The van der Waals surface area contributed by atoms with Crippen LogP contribution < -0.4 is 17.0 Å². The summed E-state index contributed by atoms with van der Waals surface area (Å²) in [6, 6.07) is 26.5. The van der Waals surface area contributed by atoms with E-state index in [0.29, 0.717) is 16.7 Å². The standard InChI is InChI=1S/C15H13NO2.C7H5ClO.H4N2/c17-14(12-7-3-1-4-8-12)11-16-15(18)13-9-5-2-6-10-13;8-7(9)6-4-2-1-3-5-6;1-2/h1-10H,11H2,(H,16,18);1-5H;1-2H2. The molecule has 0 aromatic heterocycles. The van der Waals surface area contributed by atoms with Crippen molar-refractivity contribution in [3.8, 4) is 0 Å². The minimum atomic E-state index is -0.407. The normalized spacial score (nSPS) is 9.07. The third-order valence-electron chi connectivity index (χ3n) is 3.54. The third-order valence-corrected chi connectivity index (χ3v) is 3.76. The van der Waals surface area contributed by atoms with Gasteiger partial charge in [-0.2, -0.15) is 0 Å². The zero-order chi connectivity index (χ0) is 21.5. The number of benzene rings is 3. The molecule has 0 unspecified atom stereocenters. The van der Waals surface area contributed by atoms with Crippen LogP contribution in [0.5, 0.6) is 0 Å². The van der Waals surface area contributed by atoms with Gasteiger partial charge in [0, 0.05) is 16.7 Å². The van der Waals surface area contributed by atoms with Crippen LogP contribution in [-0.4, -0.2) is 23.5 Å². The minimum Gasteiger partial charge on any atom is -0.345 e. The van der Waals surface area contributed by atoms with E-state index in [2.05, 4.69) is 17.0 Å².